The molecule has 122 valence electrons. The van der Waals surface area contributed by atoms with E-state index in [1.54, 1.807) is 6.33 Å². The number of ether oxygens (including phenoxy) is 2. The second kappa shape index (κ2) is 5.73. The molecule has 0 radical (unpaired) electrons. The Labute approximate surface area is 136 Å². The Morgan fingerprint density at radius 2 is 2.22 bits per heavy atom. The van der Waals surface area contributed by atoms with Gasteiger partial charge in [-0.3, -0.25) is 0 Å². The van der Waals surface area contributed by atoms with Gasteiger partial charge in [0.15, 0.2) is 0 Å². The Morgan fingerprint density at radius 3 is 3.04 bits per heavy atom. The maximum Gasteiger partial charge on any atom is 0.140 e. The number of benzene rings is 1. The van der Waals surface area contributed by atoms with Gasteiger partial charge in [0, 0.05) is 18.5 Å². The Kier molecular flexibility index (Phi) is 3.70. The molecular formula is C18H23N3O2. The highest BCUT2D eigenvalue weighted by Gasteiger charge is 2.42. The molecule has 2 aliphatic heterocycles. The van der Waals surface area contributed by atoms with Gasteiger partial charge in [-0.15, -0.1) is 0 Å². The molecule has 1 spiro atoms. The predicted molar refractivity (Wildman–Crippen MR) is 89.8 cm³/mol. The van der Waals surface area contributed by atoms with Crippen LogP contribution in [0.4, 0.5) is 5.82 Å². The topological polar surface area (TPSA) is 47.5 Å². The number of fused-ring (bicyclic) bond motifs is 1. The third-order valence-corrected chi connectivity index (χ3v) is 4.84. The standard InChI is InChI=1S/C18H23N3O2/c1-13-5-3-6-15-16(13)17(20-12-19-15)21-9-14(2)23-18(10-21)7-4-8-22-11-18/h3,5-6,12,14H,4,7-11H2,1-2H3/t14-,18-/m1/s1. The van der Waals surface area contributed by atoms with Crippen molar-refractivity contribution < 1.29 is 9.47 Å². The van der Waals surface area contributed by atoms with E-state index in [9.17, 15) is 0 Å². The van der Waals surface area contributed by atoms with E-state index in [-0.39, 0.29) is 11.7 Å². The van der Waals surface area contributed by atoms with Crippen molar-refractivity contribution in [2.75, 3.05) is 31.2 Å². The average Bonchev–Trinajstić information content (AvgIpc) is 2.54. The van der Waals surface area contributed by atoms with Gasteiger partial charge in [-0.1, -0.05) is 12.1 Å². The maximum absolute atomic E-state index is 6.30. The van der Waals surface area contributed by atoms with Crippen LogP contribution in [0.3, 0.4) is 0 Å². The molecule has 2 saturated heterocycles. The van der Waals surface area contributed by atoms with Crippen molar-refractivity contribution in [2.24, 2.45) is 0 Å². The second-order valence-electron chi connectivity index (χ2n) is 6.81. The minimum Gasteiger partial charge on any atom is -0.378 e. The third-order valence-electron chi connectivity index (χ3n) is 4.84. The Hall–Kier alpha value is -1.72. The van der Waals surface area contributed by atoms with Crippen LogP contribution in [0, 0.1) is 6.92 Å². The molecule has 5 heteroatoms. The fourth-order valence-corrected chi connectivity index (χ4v) is 3.93. The molecule has 4 rings (SSSR count). The second-order valence-corrected chi connectivity index (χ2v) is 6.81. The van der Waals surface area contributed by atoms with Crippen LogP contribution in [0.15, 0.2) is 24.5 Å². The molecule has 23 heavy (non-hydrogen) atoms. The summed E-state index contributed by atoms with van der Waals surface area (Å²) in [5.41, 5.74) is 2.02. The predicted octanol–water partition coefficient (Wildman–Crippen LogP) is 2.71. The first-order valence-electron chi connectivity index (χ1n) is 8.38. The van der Waals surface area contributed by atoms with Crippen LogP contribution in [0.5, 0.6) is 0 Å². The Bertz CT molecular complexity index is 707. The zero-order chi connectivity index (χ0) is 15.9. The number of hydrogen-bond donors (Lipinski definition) is 0. The molecule has 0 N–H and O–H groups in total. The summed E-state index contributed by atoms with van der Waals surface area (Å²) in [4.78, 5) is 11.4. The molecule has 2 aromatic rings. The third kappa shape index (κ3) is 2.68. The van der Waals surface area contributed by atoms with E-state index in [4.69, 9.17) is 9.47 Å². The fraction of sp³-hybridized carbons (Fsp3) is 0.556. The number of rotatable bonds is 1. The first kappa shape index (κ1) is 14.8. The first-order valence-corrected chi connectivity index (χ1v) is 8.38. The lowest BCUT2D eigenvalue weighted by Crippen LogP contribution is -2.59. The summed E-state index contributed by atoms with van der Waals surface area (Å²) in [5, 5.41) is 1.15. The van der Waals surface area contributed by atoms with Gasteiger partial charge < -0.3 is 14.4 Å². The smallest absolute Gasteiger partial charge is 0.140 e. The molecule has 3 heterocycles. The highest BCUT2D eigenvalue weighted by atomic mass is 16.6. The minimum atomic E-state index is -0.199. The van der Waals surface area contributed by atoms with Gasteiger partial charge in [-0.25, -0.2) is 9.97 Å². The number of aryl methyl sites for hydroxylation is 1. The van der Waals surface area contributed by atoms with Crippen molar-refractivity contribution in [1.82, 2.24) is 9.97 Å². The molecular weight excluding hydrogens is 290 g/mol. The van der Waals surface area contributed by atoms with Gasteiger partial charge in [-0.2, -0.15) is 0 Å². The zero-order valence-electron chi connectivity index (χ0n) is 13.8. The molecule has 0 amide bonds. The van der Waals surface area contributed by atoms with Crippen LogP contribution in [0.1, 0.15) is 25.3 Å². The highest BCUT2D eigenvalue weighted by molar-refractivity contribution is 5.92. The number of anilines is 1. The molecule has 1 aromatic carbocycles. The fourth-order valence-electron chi connectivity index (χ4n) is 3.93. The summed E-state index contributed by atoms with van der Waals surface area (Å²) in [5.74, 6) is 1.02. The van der Waals surface area contributed by atoms with Gasteiger partial charge in [-0.05, 0) is 38.3 Å². The summed E-state index contributed by atoms with van der Waals surface area (Å²) in [6.45, 7) is 7.46. The molecule has 2 aliphatic rings. The van der Waals surface area contributed by atoms with Gasteiger partial charge in [0.2, 0.25) is 0 Å². The first-order chi connectivity index (χ1) is 11.2. The van der Waals surface area contributed by atoms with E-state index >= 15 is 0 Å². The lowest BCUT2D eigenvalue weighted by atomic mass is 9.93. The number of morpholine rings is 1. The van der Waals surface area contributed by atoms with Crippen molar-refractivity contribution >= 4 is 16.7 Å². The number of hydrogen-bond acceptors (Lipinski definition) is 5. The largest absolute Gasteiger partial charge is 0.378 e. The van der Waals surface area contributed by atoms with Gasteiger partial charge in [0.05, 0.1) is 24.8 Å². The van der Waals surface area contributed by atoms with E-state index in [1.165, 1.54) is 5.56 Å². The summed E-state index contributed by atoms with van der Waals surface area (Å²) in [6.07, 6.45) is 3.95. The van der Waals surface area contributed by atoms with Crippen molar-refractivity contribution in [1.29, 1.82) is 0 Å². The molecule has 0 bridgehead atoms. The van der Waals surface area contributed by atoms with Gasteiger partial charge in [0.25, 0.3) is 0 Å². The Morgan fingerprint density at radius 1 is 1.30 bits per heavy atom. The normalized spacial score (nSPS) is 28.4. The van der Waals surface area contributed by atoms with E-state index in [2.05, 4.69) is 40.8 Å². The molecule has 0 aliphatic carbocycles. The minimum absolute atomic E-state index is 0.166. The molecule has 2 fully saturated rings. The van der Waals surface area contributed by atoms with Crippen LogP contribution in [0.25, 0.3) is 10.9 Å². The SMILES string of the molecule is Cc1cccc2ncnc(N3C[C@@H](C)O[C@]4(CCCOC4)C3)c12. The summed E-state index contributed by atoms with van der Waals surface area (Å²) in [7, 11) is 0. The lowest BCUT2D eigenvalue weighted by molar-refractivity contribution is -0.160. The molecule has 2 atom stereocenters. The van der Waals surface area contributed by atoms with Gasteiger partial charge >= 0.3 is 0 Å². The van der Waals surface area contributed by atoms with Crippen LogP contribution in [-0.4, -0.2) is 48.0 Å². The molecule has 0 saturated carbocycles. The monoisotopic (exact) mass is 313 g/mol. The van der Waals surface area contributed by atoms with Crippen LogP contribution in [0.2, 0.25) is 0 Å². The summed E-state index contributed by atoms with van der Waals surface area (Å²) < 4.78 is 12.0. The van der Waals surface area contributed by atoms with Crippen LogP contribution in [-0.2, 0) is 9.47 Å². The lowest BCUT2D eigenvalue weighted by Gasteiger charge is -2.47. The van der Waals surface area contributed by atoms with Gasteiger partial charge in [0.1, 0.15) is 17.7 Å². The Balaban J connectivity index is 1.75. The molecule has 1 aromatic heterocycles. The van der Waals surface area contributed by atoms with Crippen molar-refractivity contribution in [2.45, 2.75) is 38.4 Å². The van der Waals surface area contributed by atoms with E-state index < -0.39 is 0 Å². The summed E-state index contributed by atoms with van der Waals surface area (Å²) in [6, 6.07) is 6.22. The van der Waals surface area contributed by atoms with Crippen molar-refractivity contribution in [3.63, 3.8) is 0 Å². The maximum atomic E-state index is 6.30. The molecule has 0 unspecified atom stereocenters. The average molecular weight is 313 g/mol. The number of aromatic nitrogens is 2. The highest BCUT2D eigenvalue weighted by Crippen LogP contribution is 2.34. The molecule has 5 nitrogen and oxygen atoms in total. The van der Waals surface area contributed by atoms with E-state index in [0.29, 0.717) is 6.61 Å². The van der Waals surface area contributed by atoms with E-state index in [1.807, 2.05) is 6.07 Å². The van der Waals surface area contributed by atoms with Crippen LogP contribution < -0.4 is 4.90 Å². The van der Waals surface area contributed by atoms with Crippen molar-refractivity contribution in [3.8, 4) is 0 Å². The van der Waals surface area contributed by atoms with Crippen LogP contribution >= 0.6 is 0 Å². The summed E-state index contributed by atoms with van der Waals surface area (Å²) >= 11 is 0. The van der Waals surface area contributed by atoms with Crippen molar-refractivity contribution in [3.05, 3.63) is 30.1 Å². The van der Waals surface area contributed by atoms with E-state index in [0.717, 1.165) is 49.3 Å². The quantitative estimate of drug-likeness (QED) is 0.810. The zero-order valence-corrected chi connectivity index (χ0v) is 13.8. The number of nitrogens with zero attached hydrogens (tertiary/aromatic N) is 3.